The van der Waals surface area contributed by atoms with Crippen LogP contribution in [-0.4, -0.2) is 24.0 Å². The van der Waals surface area contributed by atoms with Crippen LogP contribution in [0.1, 0.15) is 68.6 Å². The van der Waals surface area contributed by atoms with Crippen LogP contribution >= 0.6 is 11.3 Å². The zero-order valence-electron chi connectivity index (χ0n) is 13.4. The summed E-state index contributed by atoms with van der Waals surface area (Å²) >= 11 is 1.68. The quantitative estimate of drug-likeness (QED) is 0.884. The molecular formula is C17H27N3OS. The van der Waals surface area contributed by atoms with Crippen molar-refractivity contribution in [1.29, 1.82) is 0 Å². The largest absolute Gasteiger partial charge is 0.317 e. The average molecular weight is 321 g/mol. The molecule has 0 unspecified atom stereocenters. The maximum atomic E-state index is 12.4. The number of aromatic nitrogens is 1. The lowest BCUT2D eigenvalue weighted by Gasteiger charge is -2.27. The summed E-state index contributed by atoms with van der Waals surface area (Å²) in [4.78, 5) is 18.2. The minimum Gasteiger partial charge on any atom is -0.317 e. The number of hydrogen-bond donors (Lipinski definition) is 2. The van der Waals surface area contributed by atoms with Crippen molar-refractivity contribution in [2.75, 3.05) is 12.4 Å². The number of amides is 1. The Morgan fingerprint density at radius 3 is 2.55 bits per heavy atom. The summed E-state index contributed by atoms with van der Waals surface area (Å²) in [5.41, 5.74) is 0. The van der Waals surface area contributed by atoms with Gasteiger partial charge in [-0.3, -0.25) is 4.79 Å². The van der Waals surface area contributed by atoms with Crippen molar-refractivity contribution in [3.05, 3.63) is 11.1 Å². The number of thiazole rings is 1. The minimum atomic E-state index is 0.159. The van der Waals surface area contributed by atoms with Crippen LogP contribution < -0.4 is 10.6 Å². The van der Waals surface area contributed by atoms with Crippen molar-refractivity contribution < 1.29 is 4.79 Å². The van der Waals surface area contributed by atoms with Crippen molar-refractivity contribution in [2.24, 2.45) is 5.92 Å². The first kappa shape index (κ1) is 15.9. The van der Waals surface area contributed by atoms with E-state index in [1.807, 2.05) is 13.2 Å². The first-order valence-corrected chi connectivity index (χ1v) is 9.51. The number of carbonyl (C=O) groups is 1. The average Bonchev–Trinajstić information content (AvgIpc) is 3.04. The molecule has 2 saturated carbocycles. The van der Waals surface area contributed by atoms with Crippen molar-refractivity contribution in [3.8, 4) is 0 Å². The van der Waals surface area contributed by atoms with E-state index in [-0.39, 0.29) is 11.8 Å². The molecule has 0 bridgehead atoms. The number of hydrogen-bond acceptors (Lipinski definition) is 4. The molecule has 1 aromatic rings. The molecule has 0 radical (unpaired) electrons. The maximum absolute atomic E-state index is 12.4. The zero-order chi connectivity index (χ0) is 15.4. The van der Waals surface area contributed by atoms with Gasteiger partial charge < -0.3 is 10.6 Å². The lowest BCUT2D eigenvalue weighted by atomic mass is 9.85. The number of nitrogens with zero attached hydrogens (tertiary/aromatic N) is 1. The van der Waals surface area contributed by atoms with Gasteiger partial charge >= 0.3 is 0 Å². The van der Waals surface area contributed by atoms with Gasteiger partial charge in [0.15, 0.2) is 5.13 Å². The molecule has 5 heteroatoms. The van der Waals surface area contributed by atoms with Crippen LogP contribution in [0.5, 0.6) is 0 Å². The number of nitrogens with one attached hydrogen (secondary N) is 2. The van der Waals surface area contributed by atoms with Crippen molar-refractivity contribution in [1.82, 2.24) is 10.3 Å². The van der Waals surface area contributed by atoms with Crippen LogP contribution in [0.2, 0.25) is 0 Å². The van der Waals surface area contributed by atoms with E-state index in [4.69, 9.17) is 0 Å². The monoisotopic (exact) mass is 321 g/mol. The molecule has 2 aliphatic carbocycles. The molecule has 1 aromatic heterocycles. The minimum absolute atomic E-state index is 0.159. The van der Waals surface area contributed by atoms with E-state index in [1.165, 1.54) is 37.0 Å². The predicted octanol–water partition coefficient (Wildman–Crippen LogP) is 3.91. The fraction of sp³-hybridized carbons (Fsp3) is 0.765. The predicted molar refractivity (Wildman–Crippen MR) is 91.4 cm³/mol. The standard InChI is InChI=1S/C17H27N3OS/c1-18-14-9-7-13(8-10-14)16(21)20-17-19-11-15(22-17)12-5-3-2-4-6-12/h11-14,18H,2-10H2,1H3,(H,19,20,21)/t13-,14-. The molecule has 2 fully saturated rings. The molecule has 0 spiro atoms. The van der Waals surface area contributed by atoms with Gasteiger partial charge in [0.05, 0.1) is 0 Å². The highest BCUT2D eigenvalue weighted by atomic mass is 32.1. The van der Waals surface area contributed by atoms with Gasteiger partial charge in [0.1, 0.15) is 0 Å². The summed E-state index contributed by atoms with van der Waals surface area (Å²) in [6, 6.07) is 0.585. The van der Waals surface area contributed by atoms with Gasteiger partial charge in [-0.05, 0) is 51.5 Å². The molecule has 1 amide bonds. The van der Waals surface area contributed by atoms with Crippen LogP contribution in [0, 0.1) is 5.92 Å². The van der Waals surface area contributed by atoms with E-state index >= 15 is 0 Å². The first-order valence-electron chi connectivity index (χ1n) is 8.70. The summed E-state index contributed by atoms with van der Waals surface area (Å²) < 4.78 is 0. The van der Waals surface area contributed by atoms with E-state index < -0.39 is 0 Å². The number of carbonyl (C=O) groups excluding carboxylic acids is 1. The lowest BCUT2D eigenvalue weighted by Crippen LogP contribution is -2.34. The summed E-state index contributed by atoms with van der Waals surface area (Å²) in [5, 5.41) is 7.16. The van der Waals surface area contributed by atoms with Gasteiger partial charge in [-0.1, -0.05) is 19.3 Å². The zero-order valence-corrected chi connectivity index (χ0v) is 14.3. The van der Waals surface area contributed by atoms with E-state index in [0.29, 0.717) is 12.0 Å². The van der Waals surface area contributed by atoms with Gasteiger partial charge in [0.2, 0.25) is 5.91 Å². The Balaban J connectivity index is 1.52. The van der Waals surface area contributed by atoms with E-state index in [9.17, 15) is 4.79 Å². The molecule has 2 aliphatic rings. The first-order chi connectivity index (χ1) is 10.8. The molecule has 122 valence electrons. The van der Waals surface area contributed by atoms with Crippen molar-refractivity contribution >= 4 is 22.4 Å². The molecular weight excluding hydrogens is 294 g/mol. The Morgan fingerprint density at radius 2 is 1.86 bits per heavy atom. The molecule has 3 rings (SSSR count). The third-order valence-corrected chi connectivity index (χ3v) is 6.34. The highest BCUT2D eigenvalue weighted by Crippen LogP contribution is 2.37. The third-order valence-electron chi connectivity index (χ3n) is 5.27. The molecule has 4 nitrogen and oxygen atoms in total. The summed E-state index contributed by atoms with van der Waals surface area (Å²) in [6.45, 7) is 0. The Bertz CT molecular complexity index is 488. The van der Waals surface area contributed by atoms with Crippen LogP contribution in [0.25, 0.3) is 0 Å². The SMILES string of the molecule is CN[C@H]1CC[C@H](C(=O)Nc2ncc(C3CCCCC3)s2)CC1. The highest BCUT2D eigenvalue weighted by Gasteiger charge is 2.26. The molecule has 0 atom stereocenters. The molecule has 2 N–H and O–H groups in total. The van der Waals surface area contributed by atoms with Gasteiger partial charge in [0, 0.05) is 23.0 Å². The van der Waals surface area contributed by atoms with Gasteiger partial charge in [-0.2, -0.15) is 0 Å². The second-order valence-corrected chi connectivity index (χ2v) is 7.79. The third kappa shape index (κ3) is 3.87. The second-order valence-electron chi connectivity index (χ2n) is 6.73. The van der Waals surface area contributed by atoms with Crippen molar-refractivity contribution in [3.63, 3.8) is 0 Å². The fourth-order valence-corrected chi connectivity index (χ4v) is 4.76. The highest BCUT2D eigenvalue weighted by molar-refractivity contribution is 7.15. The molecule has 1 heterocycles. The Hall–Kier alpha value is -0.940. The maximum Gasteiger partial charge on any atom is 0.229 e. The van der Waals surface area contributed by atoms with E-state index in [1.54, 1.807) is 11.3 Å². The Morgan fingerprint density at radius 1 is 1.14 bits per heavy atom. The summed E-state index contributed by atoms with van der Waals surface area (Å²) in [5.74, 6) is 0.994. The molecule has 22 heavy (non-hydrogen) atoms. The molecule has 0 aromatic carbocycles. The Kier molecular flexibility index (Phi) is 5.47. The normalized spacial score (nSPS) is 26.8. The number of anilines is 1. The van der Waals surface area contributed by atoms with E-state index in [0.717, 1.165) is 30.8 Å². The summed E-state index contributed by atoms with van der Waals surface area (Å²) in [7, 11) is 2.01. The van der Waals surface area contributed by atoms with Gasteiger partial charge in [-0.15, -0.1) is 11.3 Å². The van der Waals surface area contributed by atoms with Crippen LogP contribution in [-0.2, 0) is 4.79 Å². The van der Waals surface area contributed by atoms with Crippen LogP contribution in [0.4, 0.5) is 5.13 Å². The fourth-order valence-electron chi connectivity index (χ4n) is 3.77. The Labute approximate surface area is 137 Å². The second kappa shape index (κ2) is 7.55. The van der Waals surface area contributed by atoms with Gasteiger partial charge in [0.25, 0.3) is 0 Å². The van der Waals surface area contributed by atoms with E-state index in [2.05, 4.69) is 15.6 Å². The van der Waals surface area contributed by atoms with Crippen LogP contribution in [0.15, 0.2) is 6.20 Å². The lowest BCUT2D eigenvalue weighted by molar-refractivity contribution is -0.120. The summed E-state index contributed by atoms with van der Waals surface area (Å²) in [6.07, 6.45) is 12.7. The van der Waals surface area contributed by atoms with Crippen molar-refractivity contribution in [2.45, 2.75) is 69.7 Å². The molecule has 0 saturated heterocycles. The molecule has 0 aliphatic heterocycles. The van der Waals surface area contributed by atoms with Gasteiger partial charge in [-0.25, -0.2) is 4.98 Å². The van der Waals surface area contributed by atoms with Crippen LogP contribution in [0.3, 0.4) is 0 Å². The topological polar surface area (TPSA) is 54.0 Å². The smallest absolute Gasteiger partial charge is 0.229 e. The number of rotatable bonds is 4.